The first-order valence-corrected chi connectivity index (χ1v) is 8.81. The maximum absolute atomic E-state index is 11.9. The Labute approximate surface area is 146 Å². The van der Waals surface area contributed by atoms with Gasteiger partial charge in [0, 0.05) is 18.7 Å². The molecule has 0 radical (unpaired) electrons. The third kappa shape index (κ3) is 5.90. The molecule has 122 valence electrons. The van der Waals surface area contributed by atoms with Crippen molar-refractivity contribution < 1.29 is 9.53 Å². The minimum atomic E-state index is 0.0157. The third-order valence-electron chi connectivity index (χ3n) is 3.28. The van der Waals surface area contributed by atoms with Gasteiger partial charge in [-0.3, -0.25) is 4.79 Å². The van der Waals surface area contributed by atoms with Gasteiger partial charge in [-0.2, -0.15) is 0 Å². The van der Waals surface area contributed by atoms with Crippen molar-refractivity contribution in [3.05, 3.63) is 70.7 Å². The van der Waals surface area contributed by atoms with Gasteiger partial charge in [-0.15, -0.1) is 11.8 Å². The van der Waals surface area contributed by atoms with Crippen LogP contribution in [-0.2, 0) is 9.53 Å². The lowest BCUT2D eigenvalue weighted by Gasteiger charge is -2.17. The first kappa shape index (κ1) is 17.9. The molecule has 0 unspecified atom stereocenters. The van der Waals surface area contributed by atoms with Crippen LogP contribution in [0.2, 0.25) is 5.02 Å². The number of carbonyl (C=O) groups excluding carboxylic acids is 1. The molecule has 0 saturated heterocycles. The van der Waals surface area contributed by atoms with Gasteiger partial charge in [0.15, 0.2) is 0 Å². The van der Waals surface area contributed by atoms with Crippen LogP contribution in [0.15, 0.2) is 54.6 Å². The van der Waals surface area contributed by atoms with Crippen molar-refractivity contribution in [3.8, 4) is 0 Å². The van der Waals surface area contributed by atoms with E-state index in [1.54, 1.807) is 18.9 Å². The highest BCUT2D eigenvalue weighted by Crippen LogP contribution is 2.35. The highest BCUT2D eigenvalue weighted by Gasteiger charge is 2.16. The fraction of sp³-hybridized carbons (Fsp3) is 0.278. The van der Waals surface area contributed by atoms with Gasteiger partial charge in [-0.1, -0.05) is 54.1 Å². The van der Waals surface area contributed by atoms with Gasteiger partial charge in [0.1, 0.15) is 0 Å². The Morgan fingerprint density at radius 3 is 2.43 bits per heavy atom. The second-order valence-electron chi connectivity index (χ2n) is 5.00. The van der Waals surface area contributed by atoms with Crippen molar-refractivity contribution in [2.45, 2.75) is 5.25 Å². The van der Waals surface area contributed by atoms with Crippen LogP contribution in [-0.4, -0.2) is 31.9 Å². The first-order valence-electron chi connectivity index (χ1n) is 7.38. The lowest BCUT2D eigenvalue weighted by atomic mass is 10.0. The van der Waals surface area contributed by atoms with Gasteiger partial charge in [-0.05, 0) is 23.3 Å². The number of halogens is 1. The molecule has 0 spiro atoms. The van der Waals surface area contributed by atoms with E-state index in [1.807, 2.05) is 42.5 Å². The molecule has 0 saturated carbocycles. The van der Waals surface area contributed by atoms with E-state index in [0.29, 0.717) is 23.9 Å². The van der Waals surface area contributed by atoms with Crippen LogP contribution in [0.3, 0.4) is 0 Å². The summed E-state index contributed by atoms with van der Waals surface area (Å²) >= 11 is 7.58. The number of methoxy groups -OCH3 is 1. The zero-order chi connectivity index (χ0) is 16.5. The molecule has 0 aliphatic heterocycles. The molecule has 23 heavy (non-hydrogen) atoms. The molecule has 1 amide bonds. The second kappa shape index (κ2) is 9.60. The van der Waals surface area contributed by atoms with E-state index in [-0.39, 0.29) is 11.2 Å². The SMILES string of the molecule is COCCNC(=O)CS[C@H](c1ccccc1)c1ccc(Cl)cc1. The van der Waals surface area contributed by atoms with E-state index in [9.17, 15) is 4.79 Å². The van der Waals surface area contributed by atoms with E-state index >= 15 is 0 Å². The van der Waals surface area contributed by atoms with Crippen molar-refractivity contribution >= 4 is 29.3 Å². The van der Waals surface area contributed by atoms with Gasteiger partial charge in [0.2, 0.25) is 5.91 Å². The molecule has 1 N–H and O–H groups in total. The molecular weight excluding hydrogens is 330 g/mol. The predicted molar refractivity (Wildman–Crippen MR) is 97.1 cm³/mol. The molecule has 0 bridgehead atoms. The van der Waals surface area contributed by atoms with Crippen molar-refractivity contribution in [2.24, 2.45) is 0 Å². The molecule has 0 aromatic heterocycles. The summed E-state index contributed by atoms with van der Waals surface area (Å²) in [6.45, 7) is 1.06. The monoisotopic (exact) mass is 349 g/mol. The van der Waals surface area contributed by atoms with E-state index in [1.165, 1.54) is 5.56 Å². The fourth-order valence-electron chi connectivity index (χ4n) is 2.15. The lowest BCUT2D eigenvalue weighted by molar-refractivity contribution is -0.118. The first-order chi connectivity index (χ1) is 11.2. The van der Waals surface area contributed by atoms with Crippen LogP contribution in [0.25, 0.3) is 0 Å². The van der Waals surface area contributed by atoms with Crippen LogP contribution in [0.4, 0.5) is 0 Å². The van der Waals surface area contributed by atoms with E-state index in [2.05, 4.69) is 17.4 Å². The quantitative estimate of drug-likeness (QED) is 0.734. The van der Waals surface area contributed by atoms with Crippen LogP contribution in [0, 0.1) is 0 Å². The number of benzene rings is 2. The average Bonchev–Trinajstić information content (AvgIpc) is 2.58. The summed E-state index contributed by atoms with van der Waals surface area (Å²) in [5.74, 6) is 0.410. The Morgan fingerprint density at radius 2 is 1.78 bits per heavy atom. The maximum atomic E-state index is 11.9. The van der Waals surface area contributed by atoms with Crippen LogP contribution < -0.4 is 5.32 Å². The number of carbonyl (C=O) groups is 1. The third-order valence-corrected chi connectivity index (χ3v) is 4.84. The standard InChI is InChI=1S/C18H20ClNO2S/c1-22-12-11-20-17(21)13-23-18(14-5-3-2-4-6-14)15-7-9-16(19)10-8-15/h2-10,18H,11-13H2,1H3,(H,20,21)/t18-/m1/s1. The topological polar surface area (TPSA) is 38.3 Å². The number of rotatable bonds is 8. The predicted octanol–water partition coefficient (Wildman–Crippen LogP) is 3.93. The highest BCUT2D eigenvalue weighted by atomic mass is 35.5. The summed E-state index contributed by atoms with van der Waals surface area (Å²) in [6.07, 6.45) is 0. The zero-order valence-electron chi connectivity index (χ0n) is 13.0. The van der Waals surface area contributed by atoms with E-state index in [0.717, 1.165) is 5.56 Å². The van der Waals surface area contributed by atoms with Crippen molar-refractivity contribution in [1.29, 1.82) is 0 Å². The summed E-state index contributed by atoms with van der Waals surface area (Å²) in [6, 6.07) is 18.0. The molecule has 0 fully saturated rings. The smallest absolute Gasteiger partial charge is 0.230 e. The van der Waals surface area contributed by atoms with Gasteiger partial charge < -0.3 is 10.1 Å². The molecular formula is C18H20ClNO2S. The highest BCUT2D eigenvalue weighted by molar-refractivity contribution is 8.00. The minimum Gasteiger partial charge on any atom is -0.383 e. The van der Waals surface area contributed by atoms with E-state index in [4.69, 9.17) is 16.3 Å². The molecule has 0 aliphatic carbocycles. The Hall–Kier alpha value is -1.49. The normalized spacial score (nSPS) is 11.9. The Balaban J connectivity index is 2.06. The molecule has 2 rings (SSSR count). The van der Waals surface area contributed by atoms with Crippen molar-refractivity contribution in [3.63, 3.8) is 0 Å². The number of hydrogen-bond acceptors (Lipinski definition) is 3. The van der Waals surface area contributed by atoms with Gasteiger partial charge in [0.25, 0.3) is 0 Å². The largest absolute Gasteiger partial charge is 0.383 e. The van der Waals surface area contributed by atoms with Crippen LogP contribution in [0.1, 0.15) is 16.4 Å². The maximum Gasteiger partial charge on any atom is 0.230 e. The van der Waals surface area contributed by atoms with E-state index < -0.39 is 0 Å². The Kier molecular flexibility index (Phi) is 7.46. The second-order valence-corrected chi connectivity index (χ2v) is 6.53. The van der Waals surface area contributed by atoms with Gasteiger partial charge >= 0.3 is 0 Å². The van der Waals surface area contributed by atoms with Crippen LogP contribution >= 0.6 is 23.4 Å². The summed E-state index contributed by atoms with van der Waals surface area (Å²) < 4.78 is 4.93. The number of amides is 1. The van der Waals surface area contributed by atoms with Crippen molar-refractivity contribution in [2.75, 3.05) is 26.0 Å². The number of hydrogen-bond donors (Lipinski definition) is 1. The molecule has 0 aliphatic rings. The summed E-state index contributed by atoms with van der Waals surface area (Å²) in [7, 11) is 1.62. The molecule has 1 atom stereocenters. The summed E-state index contributed by atoms with van der Waals surface area (Å²) in [5, 5.41) is 3.65. The van der Waals surface area contributed by atoms with Crippen molar-refractivity contribution in [1.82, 2.24) is 5.32 Å². The molecule has 5 heteroatoms. The Morgan fingerprint density at radius 1 is 1.13 bits per heavy atom. The minimum absolute atomic E-state index is 0.0157. The van der Waals surface area contributed by atoms with Gasteiger partial charge in [0.05, 0.1) is 17.6 Å². The summed E-state index contributed by atoms with van der Waals surface area (Å²) in [4.78, 5) is 11.9. The molecule has 0 heterocycles. The van der Waals surface area contributed by atoms with Gasteiger partial charge in [-0.25, -0.2) is 0 Å². The van der Waals surface area contributed by atoms with Crippen LogP contribution in [0.5, 0.6) is 0 Å². The molecule has 2 aromatic rings. The molecule has 3 nitrogen and oxygen atoms in total. The fourth-order valence-corrected chi connectivity index (χ4v) is 3.40. The number of ether oxygens (including phenoxy) is 1. The lowest BCUT2D eigenvalue weighted by Crippen LogP contribution is -2.28. The zero-order valence-corrected chi connectivity index (χ0v) is 14.6. The number of thioether (sulfide) groups is 1. The summed E-state index contributed by atoms with van der Waals surface area (Å²) in [5.41, 5.74) is 2.31. The Bertz CT molecular complexity index is 604. The molecule has 2 aromatic carbocycles. The number of nitrogens with one attached hydrogen (secondary N) is 1. The average molecular weight is 350 g/mol.